The van der Waals surface area contributed by atoms with Crippen LogP contribution in [0.4, 0.5) is 0 Å². The average molecular weight is 287 g/mol. The van der Waals surface area contributed by atoms with Crippen LogP contribution in [0, 0.1) is 0 Å². The van der Waals surface area contributed by atoms with Crippen LogP contribution in [0.3, 0.4) is 0 Å². The maximum atomic E-state index is 12.4. The lowest BCUT2D eigenvalue weighted by molar-refractivity contribution is 0.0939. The van der Waals surface area contributed by atoms with Crippen molar-refractivity contribution >= 4 is 34.0 Å². The number of fused-ring (bicyclic) bond motifs is 1. The number of amides is 1. The lowest BCUT2D eigenvalue weighted by Crippen LogP contribution is -2.37. The van der Waals surface area contributed by atoms with Crippen LogP contribution >= 0.6 is 12.2 Å². The molecule has 4 nitrogen and oxygen atoms in total. The molecule has 1 heterocycles. The molecule has 0 radical (unpaired) electrons. The van der Waals surface area contributed by atoms with E-state index in [1.165, 1.54) is 0 Å². The summed E-state index contributed by atoms with van der Waals surface area (Å²) in [6, 6.07) is 9.27. The molecule has 1 aromatic heterocycles. The summed E-state index contributed by atoms with van der Waals surface area (Å²) in [7, 11) is 0. The van der Waals surface area contributed by atoms with Gasteiger partial charge in [0.15, 0.2) is 0 Å². The van der Waals surface area contributed by atoms with Crippen LogP contribution in [0.2, 0.25) is 0 Å². The molecule has 0 saturated carbocycles. The second-order valence-corrected chi connectivity index (χ2v) is 5.15. The summed E-state index contributed by atoms with van der Waals surface area (Å²) >= 11 is 4.90. The van der Waals surface area contributed by atoms with E-state index in [0.717, 1.165) is 17.3 Å². The first-order valence-electron chi connectivity index (χ1n) is 6.54. The molecule has 1 amide bonds. The Kier molecular flexibility index (Phi) is 4.63. The van der Waals surface area contributed by atoms with E-state index < -0.39 is 0 Å². The molecule has 3 N–H and O–H groups in total. The van der Waals surface area contributed by atoms with E-state index in [2.05, 4.69) is 10.3 Å². The zero-order valence-electron chi connectivity index (χ0n) is 11.3. The van der Waals surface area contributed by atoms with Crippen molar-refractivity contribution in [1.82, 2.24) is 10.3 Å². The van der Waals surface area contributed by atoms with E-state index in [0.29, 0.717) is 17.0 Å². The zero-order valence-corrected chi connectivity index (χ0v) is 12.1. The molecule has 0 spiro atoms. The van der Waals surface area contributed by atoms with Gasteiger partial charge in [-0.15, -0.1) is 0 Å². The number of para-hydroxylation sites is 1. The van der Waals surface area contributed by atoms with Crippen LogP contribution in [0.1, 0.15) is 30.1 Å². The standard InChI is InChI=1S/C15H17N3OS/c1-2-10(9-14(16)20)18-15(19)12-7-8-17-13-6-4-3-5-11(12)13/h3-8,10H,2,9H2,1H3,(H2,16,20)(H,18,19). The van der Waals surface area contributed by atoms with Crippen molar-refractivity contribution in [1.29, 1.82) is 0 Å². The van der Waals surface area contributed by atoms with Gasteiger partial charge in [0.1, 0.15) is 0 Å². The Hall–Kier alpha value is -2.01. The third-order valence-corrected chi connectivity index (χ3v) is 3.34. The van der Waals surface area contributed by atoms with E-state index in [9.17, 15) is 4.79 Å². The first kappa shape index (κ1) is 14.4. The van der Waals surface area contributed by atoms with Crippen molar-refractivity contribution in [3.8, 4) is 0 Å². The van der Waals surface area contributed by atoms with E-state index >= 15 is 0 Å². The first-order chi connectivity index (χ1) is 9.61. The van der Waals surface area contributed by atoms with Gasteiger partial charge in [-0.05, 0) is 18.6 Å². The lowest BCUT2D eigenvalue weighted by atomic mass is 10.1. The van der Waals surface area contributed by atoms with Gasteiger partial charge in [0.25, 0.3) is 5.91 Å². The molecule has 2 rings (SSSR count). The summed E-state index contributed by atoms with van der Waals surface area (Å²) in [4.78, 5) is 17.1. The predicted molar refractivity (Wildman–Crippen MR) is 84.7 cm³/mol. The summed E-state index contributed by atoms with van der Waals surface area (Å²) in [5.74, 6) is -0.119. The summed E-state index contributed by atoms with van der Waals surface area (Å²) in [6.45, 7) is 1.99. The van der Waals surface area contributed by atoms with Crippen molar-refractivity contribution < 1.29 is 4.79 Å². The number of nitrogens with one attached hydrogen (secondary N) is 1. The highest BCUT2D eigenvalue weighted by Crippen LogP contribution is 2.16. The van der Waals surface area contributed by atoms with Crippen LogP contribution in [0.5, 0.6) is 0 Å². The third kappa shape index (κ3) is 3.30. The molecule has 1 aromatic carbocycles. The summed E-state index contributed by atoms with van der Waals surface area (Å²) in [5, 5.41) is 3.82. The third-order valence-electron chi connectivity index (χ3n) is 3.17. The number of rotatable bonds is 5. The molecule has 0 fully saturated rings. The van der Waals surface area contributed by atoms with Gasteiger partial charge in [0.2, 0.25) is 0 Å². The van der Waals surface area contributed by atoms with Crippen molar-refractivity contribution in [3.05, 3.63) is 42.1 Å². The Labute approximate surface area is 123 Å². The molecule has 104 valence electrons. The Balaban J connectivity index is 2.25. The number of carbonyl (C=O) groups excluding carboxylic acids is 1. The molecule has 0 aliphatic heterocycles. The summed E-state index contributed by atoms with van der Waals surface area (Å²) in [5.41, 5.74) is 6.97. The second-order valence-electron chi connectivity index (χ2n) is 4.62. The highest BCUT2D eigenvalue weighted by Gasteiger charge is 2.15. The quantitative estimate of drug-likeness (QED) is 0.829. The van der Waals surface area contributed by atoms with Crippen LogP contribution in [-0.4, -0.2) is 21.9 Å². The number of benzene rings is 1. The van der Waals surface area contributed by atoms with Gasteiger partial charge in [0.05, 0.1) is 16.1 Å². The fourth-order valence-electron chi connectivity index (χ4n) is 2.10. The molecule has 20 heavy (non-hydrogen) atoms. The summed E-state index contributed by atoms with van der Waals surface area (Å²) in [6.07, 6.45) is 2.94. The fraction of sp³-hybridized carbons (Fsp3) is 0.267. The van der Waals surface area contributed by atoms with Gasteiger partial charge in [-0.25, -0.2) is 0 Å². The van der Waals surface area contributed by atoms with E-state index in [-0.39, 0.29) is 11.9 Å². The SMILES string of the molecule is CCC(CC(N)=S)NC(=O)c1ccnc2ccccc12. The van der Waals surface area contributed by atoms with Gasteiger partial charge < -0.3 is 11.1 Å². The number of hydrogen-bond donors (Lipinski definition) is 2. The monoisotopic (exact) mass is 287 g/mol. The average Bonchev–Trinajstić information content (AvgIpc) is 2.45. The van der Waals surface area contributed by atoms with Gasteiger partial charge in [-0.3, -0.25) is 9.78 Å². The number of hydrogen-bond acceptors (Lipinski definition) is 3. The largest absolute Gasteiger partial charge is 0.393 e. The zero-order chi connectivity index (χ0) is 14.5. The Bertz CT molecular complexity index is 637. The van der Waals surface area contributed by atoms with Gasteiger partial charge in [-0.1, -0.05) is 37.3 Å². The minimum Gasteiger partial charge on any atom is -0.393 e. The lowest BCUT2D eigenvalue weighted by Gasteiger charge is -2.16. The molecule has 0 aliphatic carbocycles. The van der Waals surface area contributed by atoms with E-state index in [1.54, 1.807) is 12.3 Å². The van der Waals surface area contributed by atoms with Crippen molar-refractivity contribution in [2.75, 3.05) is 0 Å². The molecule has 5 heteroatoms. The predicted octanol–water partition coefficient (Wildman–Crippen LogP) is 2.42. The number of pyridine rings is 1. The number of aromatic nitrogens is 1. The highest BCUT2D eigenvalue weighted by atomic mass is 32.1. The minimum atomic E-state index is -0.119. The minimum absolute atomic E-state index is 0.0353. The van der Waals surface area contributed by atoms with Crippen LogP contribution in [-0.2, 0) is 0 Å². The van der Waals surface area contributed by atoms with Gasteiger partial charge >= 0.3 is 0 Å². The first-order valence-corrected chi connectivity index (χ1v) is 6.95. The number of carbonyl (C=O) groups is 1. The van der Waals surface area contributed by atoms with Crippen molar-refractivity contribution in [2.24, 2.45) is 5.73 Å². The topological polar surface area (TPSA) is 68.0 Å². The smallest absolute Gasteiger partial charge is 0.252 e. The van der Waals surface area contributed by atoms with Gasteiger partial charge in [-0.2, -0.15) is 0 Å². The number of nitrogens with two attached hydrogens (primary N) is 1. The van der Waals surface area contributed by atoms with Gasteiger partial charge in [0, 0.05) is 24.0 Å². The molecule has 0 aliphatic rings. The molecular weight excluding hydrogens is 270 g/mol. The van der Waals surface area contributed by atoms with E-state index in [4.69, 9.17) is 18.0 Å². The normalized spacial score (nSPS) is 12.1. The van der Waals surface area contributed by atoms with Crippen molar-refractivity contribution in [2.45, 2.75) is 25.8 Å². The highest BCUT2D eigenvalue weighted by molar-refractivity contribution is 7.80. The Morgan fingerprint density at radius 2 is 2.15 bits per heavy atom. The van der Waals surface area contributed by atoms with E-state index in [1.807, 2.05) is 31.2 Å². The molecule has 2 aromatic rings. The fourth-order valence-corrected chi connectivity index (χ4v) is 2.30. The molecular formula is C15H17N3OS. The summed E-state index contributed by atoms with van der Waals surface area (Å²) < 4.78 is 0. The molecule has 0 bridgehead atoms. The number of nitrogens with zero attached hydrogens (tertiary/aromatic N) is 1. The maximum Gasteiger partial charge on any atom is 0.252 e. The van der Waals surface area contributed by atoms with Crippen LogP contribution in [0.25, 0.3) is 10.9 Å². The Morgan fingerprint density at radius 1 is 1.40 bits per heavy atom. The van der Waals surface area contributed by atoms with Crippen LogP contribution in [0.15, 0.2) is 36.5 Å². The van der Waals surface area contributed by atoms with Crippen LogP contribution < -0.4 is 11.1 Å². The number of thiocarbonyl (C=S) groups is 1. The Morgan fingerprint density at radius 3 is 2.85 bits per heavy atom. The molecule has 1 unspecified atom stereocenters. The second kappa shape index (κ2) is 6.43. The maximum absolute atomic E-state index is 12.4. The van der Waals surface area contributed by atoms with Crippen molar-refractivity contribution in [3.63, 3.8) is 0 Å². The molecule has 0 saturated heterocycles. The molecule has 1 atom stereocenters.